The van der Waals surface area contributed by atoms with Crippen molar-refractivity contribution in [3.05, 3.63) is 0 Å². The van der Waals surface area contributed by atoms with Gasteiger partial charge in [0, 0.05) is 6.04 Å². The van der Waals surface area contributed by atoms with Gasteiger partial charge < -0.3 is 10.2 Å². The van der Waals surface area contributed by atoms with Crippen LogP contribution < -0.4 is 5.32 Å². The van der Waals surface area contributed by atoms with Crippen LogP contribution in [0.1, 0.15) is 51.9 Å². The van der Waals surface area contributed by atoms with Gasteiger partial charge in [-0.1, -0.05) is 19.8 Å². The lowest BCUT2D eigenvalue weighted by molar-refractivity contribution is 0.136. The molecule has 1 aliphatic carbocycles. The van der Waals surface area contributed by atoms with E-state index in [2.05, 4.69) is 24.2 Å². The Bertz CT molecular complexity index is 211. The monoisotopic (exact) mass is 238 g/mol. The fourth-order valence-corrected chi connectivity index (χ4v) is 3.71. The summed E-state index contributed by atoms with van der Waals surface area (Å²) in [6.45, 7) is 6.27. The molecule has 100 valence electrons. The molecule has 2 aliphatic rings. The van der Waals surface area contributed by atoms with Crippen molar-refractivity contribution in [2.24, 2.45) is 11.8 Å². The Labute approximate surface area is 107 Å². The van der Waals surface area contributed by atoms with Crippen LogP contribution in [0.15, 0.2) is 0 Å². The van der Waals surface area contributed by atoms with Gasteiger partial charge in [-0.25, -0.2) is 0 Å². The number of hydrogen-bond acceptors (Lipinski definition) is 2. The van der Waals surface area contributed by atoms with Gasteiger partial charge in [0.15, 0.2) is 0 Å². The third kappa shape index (κ3) is 3.96. The van der Waals surface area contributed by atoms with E-state index < -0.39 is 0 Å². The molecule has 0 aromatic heterocycles. The third-order valence-corrected chi connectivity index (χ3v) is 4.92. The van der Waals surface area contributed by atoms with Gasteiger partial charge in [-0.15, -0.1) is 0 Å². The molecule has 3 unspecified atom stereocenters. The molecule has 17 heavy (non-hydrogen) atoms. The maximum absolute atomic E-state index is 3.47. The molecule has 2 nitrogen and oxygen atoms in total. The molecule has 1 heterocycles. The summed E-state index contributed by atoms with van der Waals surface area (Å²) in [5.74, 6) is 1.88. The van der Waals surface area contributed by atoms with E-state index in [0.717, 1.165) is 17.9 Å². The van der Waals surface area contributed by atoms with Crippen molar-refractivity contribution >= 4 is 0 Å². The first kappa shape index (κ1) is 13.4. The molecule has 2 fully saturated rings. The van der Waals surface area contributed by atoms with E-state index in [4.69, 9.17) is 0 Å². The number of nitrogens with one attached hydrogen (secondary N) is 1. The maximum atomic E-state index is 3.47. The van der Waals surface area contributed by atoms with E-state index in [1.54, 1.807) is 0 Å². The Morgan fingerprint density at radius 1 is 1.18 bits per heavy atom. The summed E-state index contributed by atoms with van der Waals surface area (Å²) in [5, 5.41) is 3.47. The van der Waals surface area contributed by atoms with Crippen molar-refractivity contribution in [1.82, 2.24) is 10.2 Å². The Kier molecular flexibility index (Phi) is 5.30. The smallest absolute Gasteiger partial charge is 0.0118 e. The maximum Gasteiger partial charge on any atom is 0.0118 e. The normalized spacial score (nSPS) is 34.4. The summed E-state index contributed by atoms with van der Waals surface area (Å²) in [6.07, 6.45) is 10.0. The standard InChI is InChI=1S/C15H30N2/c1-13-6-3-4-8-15(13)17(2)11-5-7-14-9-10-16-12-14/h13-16H,3-12H2,1-2H3. The predicted octanol–water partition coefficient (Wildman–Crippen LogP) is 2.89. The first-order chi connectivity index (χ1) is 8.27. The summed E-state index contributed by atoms with van der Waals surface area (Å²) in [4.78, 5) is 2.65. The lowest BCUT2D eigenvalue weighted by Crippen LogP contribution is -2.39. The van der Waals surface area contributed by atoms with E-state index in [9.17, 15) is 0 Å². The lowest BCUT2D eigenvalue weighted by Gasteiger charge is -2.36. The van der Waals surface area contributed by atoms with Crippen LogP contribution in [-0.4, -0.2) is 37.6 Å². The van der Waals surface area contributed by atoms with E-state index in [-0.39, 0.29) is 0 Å². The highest BCUT2D eigenvalue weighted by Crippen LogP contribution is 2.27. The van der Waals surface area contributed by atoms with Crippen LogP contribution in [0.4, 0.5) is 0 Å². The fourth-order valence-electron chi connectivity index (χ4n) is 3.71. The minimum Gasteiger partial charge on any atom is -0.316 e. The number of rotatable bonds is 5. The van der Waals surface area contributed by atoms with Crippen molar-refractivity contribution in [3.63, 3.8) is 0 Å². The molecular weight excluding hydrogens is 208 g/mol. The van der Waals surface area contributed by atoms with Crippen LogP contribution in [0.5, 0.6) is 0 Å². The van der Waals surface area contributed by atoms with Crippen molar-refractivity contribution in [1.29, 1.82) is 0 Å². The summed E-state index contributed by atoms with van der Waals surface area (Å²) < 4.78 is 0. The number of nitrogens with zero attached hydrogens (tertiary/aromatic N) is 1. The zero-order valence-corrected chi connectivity index (χ0v) is 11.8. The van der Waals surface area contributed by atoms with E-state index in [1.807, 2.05) is 0 Å². The first-order valence-electron chi connectivity index (χ1n) is 7.68. The molecule has 0 spiro atoms. The molecule has 1 saturated carbocycles. The van der Waals surface area contributed by atoms with Crippen LogP contribution in [0.2, 0.25) is 0 Å². The van der Waals surface area contributed by atoms with E-state index >= 15 is 0 Å². The van der Waals surface area contributed by atoms with Crippen LogP contribution in [0.3, 0.4) is 0 Å². The van der Waals surface area contributed by atoms with E-state index in [0.29, 0.717) is 0 Å². The minimum absolute atomic E-state index is 0.866. The molecule has 1 aliphatic heterocycles. The zero-order chi connectivity index (χ0) is 12.1. The average molecular weight is 238 g/mol. The molecule has 0 aromatic rings. The highest BCUT2D eigenvalue weighted by atomic mass is 15.1. The van der Waals surface area contributed by atoms with Gasteiger partial charge >= 0.3 is 0 Å². The Hall–Kier alpha value is -0.0800. The van der Waals surface area contributed by atoms with Crippen LogP contribution in [0, 0.1) is 11.8 Å². The van der Waals surface area contributed by atoms with Gasteiger partial charge in [-0.2, -0.15) is 0 Å². The molecule has 1 saturated heterocycles. The summed E-state index contributed by atoms with van der Waals surface area (Å²) >= 11 is 0. The van der Waals surface area contributed by atoms with Crippen LogP contribution in [0.25, 0.3) is 0 Å². The van der Waals surface area contributed by atoms with Gasteiger partial charge in [0.1, 0.15) is 0 Å². The second kappa shape index (κ2) is 6.75. The minimum atomic E-state index is 0.866. The lowest BCUT2D eigenvalue weighted by atomic mass is 9.85. The summed E-state index contributed by atoms with van der Waals surface area (Å²) in [5.41, 5.74) is 0. The fraction of sp³-hybridized carbons (Fsp3) is 1.00. The van der Waals surface area contributed by atoms with Crippen LogP contribution in [-0.2, 0) is 0 Å². The molecule has 2 heteroatoms. The third-order valence-electron chi connectivity index (χ3n) is 4.92. The second-order valence-corrected chi connectivity index (χ2v) is 6.31. The van der Waals surface area contributed by atoms with Gasteiger partial charge in [0.25, 0.3) is 0 Å². The quantitative estimate of drug-likeness (QED) is 0.792. The molecule has 0 radical (unpaired) electrons. The Morgan fingerprint density at radius 3 is 2.71 bits per heavy atom. The number of hydrogen-bond donors (Lipinski definition) is 1. The highest BCUT2D eigenvalue weighted by Gasteiger charge is 2.24. The highest BCUT2D eigenvalue weighted by molar-refractivity contribution is 4.79. The molecular formula is C15H30N2. The summed E-state index contributed by atoms with van der Waals surface area (Å²) in [6, 6.07) is 0.866. The van der Waals surface area contributed by atoms with E-state index in [1.165, 1.54) is 64.6 Å². The predicted molar refractivity (Wildman–Crippen MR) is 74.3 cm³/mol. The van der Waals surface area contributed by atoms with Crippen LogP contribution >= 0.6 is 0 Å². The Balaban J connectivity index is 1.63. The molecule has 2 rings (SSSR count). The van der Waals surface area contributed by atoms with Crippen molar-refractivity contribution in [2.75, 3.05) is 26.7 Å². The molecule has 3 atom stereocenters. The SMILES string of the molecule is CC1CCCCC1N(C)CCCC1CCNC1. The molecule has 0 aromatic carbocycles. The van der Waals surface area contributed by atoms with Crippen molar-refractivity contribution in [2.45, 2.75) is 57.9 Å². The van der Waals surface area contributed by atoms with Gasteiger partial charge in [-0.3, -0.25) is 0 Å². The average Bonchev–Trinajstić information content (AvgIpc) is 2.82. The molecule has 1 N–H and O–H groups in total. The largest absolute Gasteiger partial charge is 0.316 e. The van der Waals surface area contributed by atoms with Gasteiger partial charge in [0.2, 0.25) is 0 Å². The molecule has 0 amide bonds. The van der Waals surface area contributed by atoms with Gasteiger partial charge in [-0.05, 0) is 70.6 Å². The second-order valence-electron chi connectivity index (χ2n) is 6.31. The molecule has 0 bridgehead atoms. The summed E-state index contributed by atoms with van der Waals surface area (Å²) in [7, 11) is 2.35. The topological polar surface area (TPSA) is 15.3 Å². The van der Waals surface area contributed by atoms with Crippen molar-refractivity contribution < 1.29 is 0 Å². The first-order valence-corrected chi connectivity index (χ1v) is 7.68. The van der Waals surface area contributed by atoms with Crippen molar-refractivity contribution in [3.8, 4) is 0 Å². The van der Waals surface area contributed by atoms with Gasteiger partial charge in [0.05, 0.1) is 0 Å². The zero-order valence-electron chi connectivity index (χ0n) is 11.8. The Morgan fingerprint density at radius 2 is 2.00 bits per heavy atom.